The van der Waals surface area contributed by atoms with Crippen molar-refractivity contribution in [2.45, 2.75) is 13.3 Å². The van der Waals surface area contributed by atoms with E-state index in [1.54, 1.807) is 12.0 Å². The molecule has 2 aromatic carbocycles. The number of benzene rings is 2. The number of nitrogens with zero attached hydrogens (tertiary/aromatic N) is 3. The number of carbonyl (C=O) groups excluding carboxylic acids is 2. The van der Waals surface area contributed by atoms with Gasteiger partial charge in [0, 0.05) is 42.3 Å². The van der Waals surface area contributed by atoms with Crippen LogP contribution in [-0.4, -0.2) is 34.9 Å². The second-order valence-electron chi connectivity index (χ2n) is 8.22. The van der Waals surface area contributed by atoms with Crippen LogP contribution in [0.25, 0.3) is 16.9 Å². The molecule has 166 valence electrons. The molecule has 1 saturated heterocycles. The molecule has 1 aliphatic heterocycles. The van der Waals surface area contributed by atoms with Gasteiger partial charge in [-0.05, 0) is 55.0 Å². The summed E-state index contributed by atoms with van der Waals surface area (Å²) in [5.41, 5.74) is 5.35. The van der Waals surface area contributed by atoms with Crippen molar-refractivity contribution in [2.24, 2.45) is 5.92 Å². The fraction of sp³-hybridized carbons (Fsp3) is 0.192. The van der Waals surface area contributed by atoms with Gasteiger partial charge in [0.15, 0.2) is 0 Å². The standard InChI is InChI=1S/C26H24N4O3/c1-17-4-3-13-29-16-23(28-25(17)29)18-5-7-20(8-6-18)27-26(32)19-14-24(31)30(15-19)21-9-11-22(33-2)12-10-21/h3-13,16,19H,14-15H2,1-2H3,(H,27,32)/t19-/m0/s1. The van der Waals surface area contributed by atoms with Gasteiger partial charge in [0.2, 0.25) is 11.8 Å². The highest BCUT2D eigenvalue weighted by atomic mass is 16.5. The summed E-state index contributed by atoms with van der Waals surface area (Å²) in [5.74, 6) is 0.107. The molecule has 1 fully saturated rings. The van der Waals surface area contributed by atoms with E-state index in [4.69, 9.17) is 9.72 Å². The molecule has 2 aromatic heterocycles. The molecule has 7 nitrogen and oxygen atoms in total. The number of aromatic nitrogens is 2. The highest BCUT2D eigenvalue weighted by Crippen LogP contribution is 2.28. The molecule has 33 heavy (non-hydrogen) atoms. The number of ether oxygens (including phenoxy) is 1. The number of hydrogen-bond donors (Lipinski definition) is 1. The maximum atomic E-state index is 12.8. The first kappa shape index (κ1) is 20.8. The lowest BCUT2D eigenvalue weighted by Crippen LogP contribution is -2.28. The summed E-state index contributed by atoms with van der Waals surface area (Å²) < 4.78 is 7.17. The van der Waals surface area contributed by atoms with Crippen molar-refractivity contribution < 1.29 is 14.3 Å². The zero-order chi connectivity index (χ0) is 22.9. The minimum Gasteiger partial charge on any atom is -0.497 e. The molecule has 1 aliphatic rings. The van der Waals surface area contributed by atoms with E-state index in [1.807, 2.05) is 84.4 Å². The molecule has 1 N–H and O–H groups in total. The maximum absolute atomic E-state index is 12.8. The summed E-state index contributed by atoms with van der Waals surface area (Å²) in [5, 5.41) is 2.95. The third-order valence-corrected chi connectivity index (χ3v) is 6.01. The fourth-order valence-corrected chi connectivity index (χ4v) is 4.16. The summed E-state index contributed by atoms with van der Waals surface area (Å²) in [6.07, 6.45) is 4.16. The maximum Gasteiger partial charge on any atom is 0.229 e. The number of fused-ring (bicyclic) bond motifs is 1. The van der Waals surface area contributed by atoms with E-state index < -0.39 is 5.92 Å². The Bertz CT molecular complexity index is 1330. The number of carbonyl (C=O) groups is 2. The molecule has 3 heterocycles. The molecule has 2 amide bonds. The number of imidazole rings is 1. The molecule has 4 aromatic rings. The van der Waals surface area contributed by atoms with Gasteiger partial charge in [0.1, 0.15) is 11.4 Å². The fourth-order valence-electron chi connectivity index (χ4n) is 4.16. The van der Waals surface area contributed by atoms with Crippen LogP contribution >= 0.6 is 0 Å². The van der Waals surface area contributed by atoms with Crippen LogP contribution < -0.4 is 15.0 Å². The van der Waals surface area contributed by atoms with Gasteiger partial charge in [0.25, 0.3) is 0 Å². The van der Waals surface area contributed by atoms with Crippen LogP contribution in [0.15, 0.2) is 73.1 Å². The summed E-state index contributed by atoms with van der Waals surface area (Å²) in [6.45, 7) is 2.39. The highest BCUT2D eigenvalue weighted by molar-refractivity contribution is 6.03. The Morgan fingerprint density at radius 3 is 2.55 bits per heavy atom. The predicted octanol–water partition coefficient (Wildman–Crippen LogP) is 4.31. The van der Waals surface area contributed by atoms with E-state index in [-0.39, 0.29) is 18.2 Å². The minimum absolute atomic E-state index is 0.0576. The summed E-state index contributed by atoms with van der Waals surface area (Å²) in [6, 6.07) is 18.9. The van der Waals surface area contributed by atoms with Crippen molar-refractivity contribution in [3.05, 3.63) is 78.6 Å². The zero-order valence-corrected chi connectivity index (χ0v) is 18.5. The Kier molecular flexibility index (Phi) is 5.30. The number of nitrogens with one attached hydrogen (secondary N) is 1. The molecular formula is C26H24N4O3. The van der Waals surface area contributed by atoms with Gasteiger partial charge in [-0.3, -0.25) is 9.59 Å². The average molecular weight is 441 g/mol. The quantitative estimate of drug-likeness (QED) is 0.502. The van der Waals surface area contributed by atoms with E-state index in [2.05, 4.69) is 5.32 Å². The predicted molar refractivity (Wildman–Crippen MR) is 127 cm³/mol. The number of amides is 2. The Hall–Kier alpha value is -4.13. The zero-order valence-electron chi connectivity index (χ0n) is 18.5. The number of aryl methyl sites for hydroxylation is 1. The van der Waals surface area contributed by atoms with Gasteiger partial charge in [-0.15, -0.1) is 0 Å². The second-order valence-corrected chi connectivity index (χ2v) is 8.22. The van der Waals surface area contributed by atoms with Crippen molar-refractivity contribution in [3.8, 4) is 17.0 Å². The van der Waals surface area contributed by atoms with Crippen LogP contribution in [-0.2, 0) is 9.59 Å². The van der Waals surface area contributed by atoms with E-state index in [0.717, 1.165) is 33.9 Å². The van der Waals surface area contributed by atoms with Gasteiger partial charge < -0.3 is 19.4 Å². The molecule has 0 spiro atoms. The van der Waals surface area contributed by atoms with Crippen LogP contribution in [0.1, 0.15) is 12.0 Å². The first-order valence-electron chi connectivity index (χ1n) is 10.8. The first-order chi connectivity index (χ1) is 16.0. The Morgan fingerprint density at radius 2 is 1.85 bits per heavy atom. The van der Waals surface area contributed by atoms with Gasteiger partial charge in [-0.2, -0.15) is 0 Å². The van der Waals surface area contributed by atoms with Crippen LogP contribution in [0, 0.1) is 12.8 Å². The molecule has 7 heteroatoms. The lowest BCUT2D eigenvalue weighted by atomic mass is 10.1. The molecule has 0 saturated carbocycles. The molecule has 0 bridgehead atoms. The lowest BCUT2D eigenvalue weighted by molar-refractivity contribution is -0.122. The second kappa shape index (κ2) is 8.43. The topological polar surface area (TPSA) is 75.9 Å². The van der Waals surface area contributed by atoms with Crippen LogP contribution in [0.2, 0.25) is 0 Å². The first-order valence-corrected chi connectivity index (χ1v) is 10.8. The molecular weight excluding hydrogens is 416 g/mol. The lowest BCUT2D eigenvalue weighted by Gasteiger charge is -2.17. The number of pyridine rings is 1. The molecule has 5 rings (SSSR count). The Morgan fingerprint density at radius 1 is 1.09 bits per heavy atom. The van der Waals surface area contributed by atoms with Crippen molar-refractivity contribution in [1.29, 1.82) is 0 Å². The summed E-state index contributed by atoms with van der Waals surface area (Å²) >= 11 is 0. The van der Waals surface area contributed by atoms with E-state index in [9.17, 15) is 9.59 Å². The van der Waals surface area contributed by atoms with E-state index >= 15 is 0 Å². The number of hydrogen-bond acceptors (Lipinski definition) is 4. The van der Waals surface area contributed by atoms with Crippen LogP contribution in [0.3, 0.4) is 0 Å². The molecule has 1 atom stereocenters. The summed E-state index contributed by atoms with van der Waals surface area (Å²) in [7, 11) is 1.60. The van der Waals surface area contributed by atoms with Crippen molar-refractivity contribution in [1.82, 2.24) is 9.38 Å². The number of anilines is 2. The minimum atomic E-state index is -0.402. The van der Waals surface area contributed by atoms with E-state index in [0.29, 0.717) is 12.2 Å². The molecule has 0 aliphatic carbocycles. The van der Waals surface area contributed by atoms with Gasteiger partial charge in [-0.1, -0.05) is 18.2 Å². The van der Waals surface area contributed by atoms with Crippen molar-refractivity contribution in [2.75, 3.05) is 23.9 Å². The Balaban J connectivity index is 1.26. The van der Waals surface area contributed by atoms with Gasteiger partial charge >= 0.3 is 0 Å². The summed E-state index contributed by atoms with van der Waals surface area (Å²) in [4.78, 5) is 31.7. The number of rotatable bonds is 5. The van der Waals surface area contributed by atoms with Crippen LogP contribution in [0.5, 0.6) is 5.75 Å². The monoisotopic (exact) mass is 440 g/mol. The van der Waals surface area contributed by atoms with Crippen molar-refractivity contribution in [3.63, 3.8) is 0 Å². The smallest absolute Gasteiger partial charge is 0.229 e. The number of methoxy groups -OCH3 is 1. The third-order valence-electron chi connectivity index (χ3n) is 6.01. The van der Waals surface area contributed by atoms with Crippen LogP contribution in [0.4, 0.5) is 11.4 Å². The van der Waals surface area contributed by atoms with Gasteiger partial charge in [0.05, 0.1) is 18.7 Å². The molecule has 0 radical (unpaired) electrons. The largest absolute Gasteiger partial charge is 0.497 e. The SMILES string of the molecule is COc1ccc(N2C[C@@H](C(=O)Nc3ccc(-c4cn5cccc(C)c5n4)cc3)CC2=O)cc1. The molecule has 0 unspecified atom stereocenters. The van der Waals surface area contributed by atoms with Crippen molar-refractivity contribution >= 4 is 28.8 Å². The Labute approximate surface area is 191 Å². The normalized spacial score (nSPS) is 15.8. The highest BCUT2D eigenvalue weighted by Gasteiger charge is 2.35. The van der Waals surface area contributed by atoms with E-state index in [1.165, 1.54) is 0 Å². The average Bonchev–Trinajstić information content (AvgIpc) is 3.44. The third kappa shape index (κ3) is 4.05. The van der Waals surface area contributed by atoms with Gasteiger partial charge in [-0.25, -0.2) is 4.98 Å².